The van der Waals surface area contributed by atoms with Crippen LogP contribution in [-0.4, -0.2) is 10.2 Å². The molecule has 2 N–H and O–H groups in total. The molecule has 0 bridgehead atoms. The number of halogens is 2. The maximum Gasteiger partial charge on any atom is 0.181 e. The van der Waals surface area contributed by atoms with E-state index in [-0.39, 0.29) is 15.6 Å². The Labute approximate surface area is 74.0 Å². The maximum absolute atomic E-state index is 8.77. The molecule has 0 saturated carbocycles. The molecule has 1 aromatic rings. The molecular formula is C7H6Cl2O2. The van der Waals surface area contributed by atoms with E-state index in [0.717, 1.165) is 0 Å². The Morgan fingerprint density at radius 2 is 1.55 bits per heavy atom. The lowest BCUT2D eigenvalue weighted by molar-refractivity contribution is -0.0423. The zero-order valence-corrected chi connectivity index (χ0v) is 6.97. The molecule has 0 unspecified atom stereocenters. The molecule has 11 heavy (non-hydrogen) atoms. The van der Waals surface area contributed by atoms with Gasteiger partial charge in [0.2, 0.25) is 0 Å². The van der Waals surface area contributed by atoms with Gasteiger partial charge < -0.3 is 10.2 Å². The third-order valence-corrected chi connectivity index (χ3v) is 1.92. The van der Waals surface area contributed by atoms with Crippen LogP contribution >= 0.6 is 23.2 Å². The monoisotopic (exact) mass is 192 g/mol. The van der Waals surface area contributed by atoms with Crippen molar-refractivity contribution in [3.05, 3.63) is 33.8 Å². The third-order valence-electron chi connectivity index (χ3n) is 1.26. The van der Waals surface area contributed by atoms with Gasteiger partial charge in [-0.3, -0.25) is 0 Å². The number of hydrogen-bond donors (Lipinski definition) is 2. The molecule has 4 heteroatoms. The molecule has 0 amide bonds. The number of hydrogen-bond acceptors (Lipinski definition) is 2. The summed E-state index contributed by atoms with van der Waals surface area (Å²) in [6.07, 6.45) is -1.61. The van der Waals surface area contributed by atoms with E-state index in [1.54, 1.807) is 18.2 Å². The molecule has 2 nitrogen and oxygen atoms in total. The summed E-state index contributed by atoms with van der Waals surface area (Å²) in [4.78, 5) is 0. The molecule has 1 aromatic carbocycles. The van der Waals surface area contributed by atoms with Crippen molar-refractivity contribution in [1.82, 2.24) is 0 Å². The average Bonchev–Trinajstić information content (AvgIpc) is 1.85. The number of aliphatic hydroxyl groups is 2. The minimum Gasteiger partial charge on any atom is -0.364 e. The van der Waals surface area contributed by atoms with Crippen LogP contribution in [0.3, 0.4) is 0 Å². The number of rotatable bonds is 1. The van der Waals surface area contributed by atoms with Gasteiger partial charge in [0.05, 0.1) is 10.0 Å². The van der Waals surface area contributed by atoms with Gasteiger partial charge in [0.15, 0.2) is 6.29 Å². The van der Waals surface area contributed by atoms with Crippen molar-refractivity contribution >= 4 is 23.2 Å². The van der Waals surface area contributed by atoms with Gasteiger partial charge in [-0.15, -0.1) is 0 Å². The van der Waals surface area contributed by atoms with Crippen molar-refractivity contribution in [2.24, 2.45) is 0 Å². The molecular weight excluding hydrogens is 187 g/mol. The van der Waals surface area contributed by atoms with Crippen LogP contribution < -0.4 is 0 Å². The van der Waals surface area contributed by atoms with Crippen molar-refractivity contribution in [3.8, 4) is 0 Å². The molecule has 1 rings (SSSR count). The Balaban J connectivity index is 3.21. The van der Waals surface area contributed by atoms with Crippen LogP contribution in [0.25, 0.3) is 0 Å². The minimum atomic E-state index is -1.61. The van der Waals surface area contributed by atoms with Gasteiger partial charge in [0.1, 0.15) is 0 Å². The Morgan fingerprint density at radius 3 is 1.82 bits per heavy atom. The minimum absolute atomic E-state index is 0.149. The summed E-state index contributed by atoms with van der Waals surface area (Å²) in [5, 5.41) is 18.1. The Kier molecular flexibility index (Phi) is 2.73. The first kappa shape index (κ1) is 8.81. The fraction of sp³-hybridized carbons (Fsp3) is 0.143. The fourth-order valence-electron chi connectivity index (χ4n) is 0.757. The first-order valence-corrected chi connectivity index (χ1v) is 3.68. The summed E-state index contributed by atoms with van der Waals surface area (Å²) >= 11 is 11.2. The van der Waals surface area contributed by atoms with Crippen molar-refractivity contribution in [3.63, 3.8) is 0 Å². The van der Waals surface area contributed by atoms with Crippen LogP contribution in [0.5, 0.6) is 0 Å². The molecule has 0 fully saturated rings. The smallest absolute Gasteiger partial charge is 0.181 e. The van der Waals surface area contributed by atoms with Crippen LogP contribution in [0.2, 0.25) is 10.0 Å². The van der Waals surface area contributed by atoms with Crippen LogP contribution in [0.15, 0.2) is 18.2 Å². The van der Waals surface area contributed by atoms with E-state index in [1.165, 1.54) is 0 Å². The van der Waals surface area contributed by atoms with E-state index in [4.69, 9.17) is 33.4 Å². The normalized spacial score (nSPS) is 10.6. The highest BCUT2D eigenvalue weighted by Crippen LogP contribution is 2.28. The first-order chi connectivity index (χ1) is 5.13. The average molecular weight is 193 g/mol. The maximum atomic E-state index is 8.77. The van der Waals surface area contributed by atoms with E-state index in [2.05, 4.69) is 0 Å². The second kappa shape index (κ2) is 3.41. The second-order valence-electron chi connectivity index (χ2n) is 2.01. The summed E-state index contributed by atoms with van der Waals surface area (Å²) < 4.78 is 0. The third kappa shape index (κ3) is 1.84. The molecule has 0 aliphatic rings. The van der Waals surface area contributed by atoms with E-state index in [0.29, 0.717) is 0 Å². The molecule has 0 saturated heterocycles. The number of benzene rings is 1. The fourth-order valence-corrected chi connectivity index (χ4v) is 1.35. The molecule has 0 aromatic heterocycles. The highest BCUT2D eigenvalue weighted by atomic mass is 35.5. The highest BCUT2D eigenvalue weighted by Gasteiger charge is 2.11. The summed E-state index contributed by atoms with van der Waals surface area (Å²) in [5.74, 6) is 0. The lowest BCUT2D eigenvalue weighted by atomic mass is 10.2. The van der Waals surface area contributed by atoms with Gasteiger partial charge in [-0.05, 0) is 12.1 Å². The van der Waals surface area contributed by atoms with Crippen molar-refractivity contribution in [2.45, 2.75) is 6.29 Å². The highest BCUT2D eigenvalue weighted by molar-refractivity contribution is 6.36. The lowest BCUT2D eigenvalue weighted by Gasteiger charge is -2.07. The topological polar surface area (TPSA) is 40.5 Å². The van der Waals surface area contributed by atoms with Crippen molar-refractivity contribution in [1.29, 1.82) is 0 Å². The number of aliphatic hydroxyl groups excluding tert-OH is 1. The van der Waals surface area contributed by atoms with Gasteiger partial charge in [0, 0.05) is 5.56 Å². The van der Waals surface area contributed by atoms with Gasteiger partial charge in [0.25, 0.3) is 0 Å². The Hall–Kier alpha value is -0.280. The lowest BCUT2D eigenvalue weighted by Crippen LogP contribution is -1.96. The quantitative estimate of drug-likeness (QED) is 0.669. The van der Waals surface area contributed by atoms with Crippen LogP contribution in [0.1, 0.15) is 11.9 Å². The van der Waals surface area contributed by atoms with Gasteiger partial charge >= 0.3 is 0 Å². The summed E-state index contributed by atoms with van der Waals surface area (Å²) in [6.45, 7) is 0. The standard InChI is InChI=1S/C7H6Cl2O2/c8-4-2-1-3-5(9)6(4)7(10)11/h1-3,7,10-11H. The molecule has 0 atom stereocenters. The Bertz CT molecular complexity index is 240. The molecule has 60 valence electrons. The van der Waals surface area contributed by atoms with Gasteiger partial charge in [-0.1, -0.05) is 29.3 Å². The predicted octanol–water partition coefficient (Wildman–Crippen LogP) is 1.98. The summed E-state index contributed by atoms with van der Waals surface area (Å²) in [5.41, 5.74) is 0.149. The zero-order valence-electron chi connectivity index (χ0n) is 5.46. The molecule has 0 aliphatic heterocycles. The van der Waals surface area contributed by atoms with E-state index < -0.39 is 6.29 Å². The Morgan fingerprint density at radius 1 is 1.09 bits per heavy atom. The van der Waals surface area contributed by atoms with Crippen LogP contribution in [0.4, 0.5) is 0 Å². The first-order valence-electron chi connectivity index (χ1n) is 2.93. The van der Waals surface area contributed by atoms with Crippen molar-refractivity contribution < 1.29 is 10.2 Å². The van der Waals surface area contributed by atoms with E-state index >= 15 is 0 Å². The van der Waals surface area contributed by atoms with E-state index in [9.17, 15) is 0 Å². The SMILES string of the molecule is OC(O)c1c(Cl)cccc1Cl. The largest absolute Gasteiger partial charge is 0.364 e. The van der Waals surface area contributed by atoms with Crippen LogP contribution in [-0.2, 0) is 0 Å². The summed E-state index contributed by atoms with van der Waals surface area (Å²) in [6, 6.07) is 4.72. The van der Waals surface area contributed by atoms with Crippen LogP contribution in [0, 0.1) is 0 Å². The zero-order chi connectivity index (χ0) is 8.43. The molecule has 0 heterocycles. The van der Waals surface area contributed by atoms with Gasteiger partial charge in [-0.25, -0.2) is 0 Å². The van der Waals surface area contributed by atoms with Crippen molar-refractivity contribution in [2.75, 3.05) is 0 Å². The molecule has 0 spiro atoms. The van der Waals surface area contributed by atoms with E-state index in [1.807, 2.05) is 0 Å². The molecule has 0 radical (unpaired) electrons. The molecule has 0 aliphatic carbocycles. The van der Waals surface area contributed by atoms with Gasteiger partial charge in [-0.2, -0.15) is 0 Å². The predicted molar refractivity (Wildman–Crippen MR) is 43.6 cm³/mol. The second-order valence-corrected chi connectivity index (χ2v) is 2.82. The summed E-state index contributed by atoms with van der Waals surface area (Å²) in [7, 11) is 0.